The summed E-state index contributed by atoms with van der Waals surface area (Å²) in [6.45, 7) is 10.2. The van der Waals surface area contributed by atoms with Crippen LogP contribution < -0.4 is 5.32 Å². The molecule has 15 heavy (non-hydrogen) atoms. The van der Waals surface area contributed by atoms with Gasteiger partial charge in [-0.2, -0.15) is 0 Å². The molecule has 0 aromatic heterocycles. The van der Waals surface area contributed by atoms with Gasteiger partial charge in [0.2, 0.25) is 0 Å². The van der Waals surface area contributed by atoms with E-state index in [1.807, 2.05) is 0 Å². The Morgan fingerprint density at radius 2 is 2.33 bits per heavy atom. The van der Waals surface area contributed by atoms with Crippen LogP contribution in [0.4, 0.5) is 0 Å². The second kappa shape index (κ2) is 7.20. The topological polar surface area (TPSA) is 24.5 Å². The maximum atomic E-state index is 5.20. The summed E-state index contributed by atoms with van der Waals surface area (Å²) in [6, 6.07) is 0.650. The lowest BCUT2D eigenvalue weighted by molar-refractivity contribution is 0.153. The van der Waals surface area contributed by atoms with Gasteiger partial charge < -0.3 is 15.0 Å². The third-order valence-corrected chi connectivity index (χ3v) is 3.20. The molecule has 0 spiro atoms. The number of likely N-dealkylation sites (tertiary alicyclic amines) is 1. The predicted octanol–water partition coefficient (Wildman–Crippen LogP) is 1.34. The monoisotopic (exact) mass is 214 g/mol. The molecule has 1 heterocycles. The highest BCUT2D eigenvalue weighted by molar-refractivity contribution is 4.76. The first-order valence-electron chi connectivity index (χ1n) is 6.21. The Labute approximate surface area is 94.2 Å². The van der Waals surface area contributed by atoms with E-state index in [4.69, 9.17) is 4.74 Å². The molecule has 0 radical (unpaired) electrons. The molecule has 3 heteroatoms. The van der Waals surface area contributed by atoms with Gasteiger partial charge in [-0.15, -0.1) is 0 Å². The largest absolute Gasteiger partial charge is 0.384 e. The van der Waals surface area contributed by atoms with E-state index in [0.29, 0.717) is 6.04 Å². The van der Waals surface area contributed by atoms with Gasteiger partial charge in [-0.1, -0.05) is 6.92 Å². The minimum Gasteiger partial charge on any atom is -0.384 e. The Morgan fingerprint density at radius 1 is 1.53 bits per heavy atom. The Kier molecular flexibility index (Phi) is 6.22. The van der Waals surface area contributed by atoms with Gasteiger partial charge in [0.25, 0.3) is 0 Å². The number of hydrogen-bond donors (Lipinski definition) is 1. The summed E-state index contributed by atoms with van der Waals surface area (Å²) in [4.78, 5) is 2.57. The van der Waals surface area contributed by atoms with Crippen molar-refractivity contribution in [2.45, 2.75) is 32.7 Å². The number of nitrogens with zero attached hydrogens (tertiary/aromatic N) is 1. The van der Waals surface area contributed by atoms with Crippen LogP contribution in [0.3, 0.4) is 0 Å². The lowest BCUT2D eigenvalue weighted by Gasteiger charge is -2.19. The van der Waals surface area contributed by atoms with E-state index in [2.05, 4.69) is 24.1 Å². The van der Waals surface area contributed by atoms with Gasteiger partial charge in [-0.3, -0.25) is 0 Å². The van der Waals surface area contributed by atoms with Crippen molar-refractivity contribution in [3.05, 3.63) is 0 Å². The molecule has 1 rings (SSSR count). The molecule has 2 unspecified atom stereocenters. The van der Waals surface area contributed by atoms with Crippen LogP contribution in [-0.4, -0.2) is 50.8 Å². The first kappa shape index (κ1) is 12.9. The highest BCUT2D eigenvalue weighted by Crippen LogP contribution is 2.16. The minimum atomic E-state index is 0.650. The number of nitrogens with one attached hydrogen (secondary N) is 1. The molecule has 1 aliphatic heterocycles. The molecule has 0 bridgehead atoms. The van der Waals surface area contributed by atoms with Crippen molar-refractivity contribution in [2.75, 3.05) is 39.9 Å². The van der Waals surface area contributed by atoms with Crippen LogP contribution in [0.5, 0.6) is 0 Å². The van der Waals surface area contributed by atoms with Gasteiger partial charge in [0, 0.05) is 19.7 Å². The van der Waals surface area contributed by atoms with E-state index in [1.165, 1.54) is 32.5 Å². The highest BCUT2D eigenvalue weighted by atomic mass is 16.5. The molecule has 3 nitrogen and oxygen atoms in total. The molecule has 0 amide bonds. The van der Waals surface area contributed by atoms with Crippen LogP contribution in [-0.2, 0) is 4.74 Å². The Balaban J connectivity index is 2.08. The van der Waals surface area contributed by atoms with Gasteiger partial charge in [0.1, 0.15) is 0 Å². The molecule has 0 aromatic rings. The third kappa shape index (κ3) is 4.96. The smallest absolute Gasteiger partial charge is 0.0503 e. The Hall–Kier alpha value is -0.120. The van der Waals surface area contributed by atoms with Gasteiger partial charge in [0.05, 0.1) is 6.61 Å². The van der Waals surface area contributed by atoms with Crippen molar-refractivity contribution in [3.63, 3.8) is 0 Å². The summed E-state index contributed by atoms with van der Waals surface area (Å²) in [5.41, 5.74) is 0. The molecule has 0 aliphatic carbocycles. The second-order valence-corrected chi connectivity index (χ2v) is 4.66. The molecule has 1 fully saturated rings. The fraction of sp³-hybridized carbons (Fsp3) is 1.00. The molecule has 1 aliphatic rings. The lowest BCUT2D eigenvalue weighted by atomic mass is 10.1. The Bertz CT molecular complexity index is 164. The maximum absolute atomic E-state index is 5.20. The average molecular weight is 214 g/mol. The molecule has 1 N–H and O–H groups in total. The summed E-state index contributed by atoms with van der Waals surface area (Å²) in [5, 5.41) is 3.45. The van der Waals surface area contributed by atoms with Crippen LogP contribution in [0.15, 0.2) is 0 Å². The van der Waals surface area contributed by atoms with Gasteiger partial charge >= 0.3 is 0 Å². The molecule has 2 atom stereocenters. The number of hydrogen-bond acceptors (Lipinski definition) is 3. The highest BCUT2D eigenvalue weighted by Gasteiger charge is 2.21. The van der Waals surface area contributed by atoms with Crippen LogP contribution in [0.1, 0.15) is 26.7 Å². The average Bonchev–Trinajstić information content (AvgIpc) is 2.64. The second-order valence-electron chi connectivity index (χ2n) is 4.66. The van der Waals surface area contributed by atoms with E-state index >= 15 is 0 Å². The van der Waals surface area contributed by atoms with Crippen LogP contribution in [0.25, 0.3) is 0 Å². The standard InChI is InChI=1S/C12H26N2O/c1-4-13-11(2)5-7-14-8-6-12(9-14)10-15-3/h11-13H,4-10H2,1-3H3. The first-order valence-corrected chi connectivity index (χ1v) is 6.21. The quantitative estimate of drug-likeness (QED) is 0.692. The minimum absolute atomic E-state index is 0.650. The summed E-state index contributed by atoms with van der Waals surface area (Å²) < 4.78 is 5.20. The van der Waals surface area contributed by atoms with Crippen molar-refractivity contribution in [3.8, 4) is 0 Å². The molecule has 1 saturated heterocycles. The zero-order chi connectivity index (χ0) is 11.1. The van der Waals surface area contributed by atoms with Gasteiger partial charge in [-0.25, -0.2) is 0 Å². The molecule has 0 saturated carbocycles. The van der Waals surface area contributed by atoms with Crippen molar-refractivity contribution in [1.82, 2.24) is 10.2 Å². The number of ether oxygens (including phenoxy) is 1. The summed E-state index contributed by atoms with van der Waals surface area (Å²) in [5.74, 6) is 0.768. The lowest BCUT2D eigenvalue weighted by Crippen LogP contribution is -2.31. The van der Waals surface area contributed by atoms with Crippen LogP contribution >= 0.6 is 0 Å². The van der Waals surface area contributed by atoms with Gasteiger partial charge in [-0.05, 0) is 45.3 Å². The predicted molar refractivity (Wildman–Crippen MR) is 64.2 cm³/mol. The van der Waals surface area contributed by atoms with E-state index in [9.17, 15) is 0 Å². The van der Waals surface area contributed by atoms with Crippen LogP contribution in [0, 0.1) is 5.92 Å². The van der Waals surface area contributed by atoms with Crippen molar-refractivity contribution in [2.24, 2.45) is 5.92 Å². The van der Waals surface area contributed by atoms with Crippen molar-refractivity contribution >= 4 is 0 Å². The molecule has 90 valence electrons. The van der Waals surface area contributed by atoms with E-state index < -0.39 is 0 Å². The van der Waals surface area contributed by atoms with Crippen molar-refractivity contribution < 1.29 is 4.74 Å². The SMILES string of the molecule is CCNC(C)CCN1CCC(COC)C1. The number of rotatable bonds is 7. The number of methoxy groups -OCH3 is 1. The first-order chi connectivity index (χ1) is 7.26. The molecular formula is C12H26N2O. The molecular weight excluding hydrogens is 188 g/mol. The maximum Gasteiger partial charge on any atom is 0.0503 e. The molecule has 0 aromatic carbocycles. The zero-order valence-corrected chi connectivity index (χ0v) is 10.5. The summed E-state index contributed by atoms with van der Waals surface area (Å²) in [7, 11) is 1.80. The Morgan fingerprint density at radius 3 is 3.00 bits per heavy atom. The van der Waals surface area contributed by atoms with Gasteiger partial charge in [0.15, 0.2) is 0 Å². The normalized spacial score (nSPS) is 24.6. The van der Waals surface area contributed by atoms with Crippen molar-refractivity contribution in [1.29, 1.82) is 0 Å². The van der Waals surface area contributed by atoms with Crippen LogP contribution in [0.2, 0.25) is 0 Å². The fourth-order valence-corrected chi connectivity index (χ4v) is 2.31. The fourth-order valence-electron chi connectivity index (χ4n) is 2.31. The van der Waals surface area contributed by atoms with E-state index in [-0.39, 0.29) is 0 Å². The van der Waals surface area contributed by atoms with E-state index in [0.717, 1.165) is 19.1 Å². The zero-order valence-electron chi connectivity index (χ0n) is 10.5. The summed E-state index contributed by atoms with van der Waals surface area (Å²) >= 11 is 0. The third-order valence-electron chi connectivity index (χ3n) is 3.20. The summed E-state index contributed by atoms with van der Waals surface area (Å²) in [6.07, 6.45) is 2.57. The van der Waals surface area contributed by atoms with E-state index in [1.54, 1.807) is 7.11 Å².